The zero-order valence-corrected chi connectivity index (χ0v) is 9.52. The molecular formula is C6H18N2Si2. The van der Waals surface area contributed by atoms with Crippen LogP contribution >= 0.6 is 0 Å². The van der Waals surface area contributed by atoms with Crippen molar-refractivity contribution in [1.29, 1.82) is 0 Å². The molecule has 0 bridgehead atoms. The van der Waals surface area contributed by atoms with E-state index in [0.29, 0.717) is 0 Å². The van der Waals surface area contributed by atoms with Crippen molar-refractivity contribution in [2.75, 3.05) is 7.05 Å². The standard InChI is InChI=1S/C6H18N2Si2/c1-6-10(5,7-2)8-9(3)4/h6-9H,1H2,2-5H3. The first-order chi connectivity index (χ1) is 4.54. The lowest BCUT2D eigenvalue weighted by molar-refractivity contribution is 1.12. The molecule has 2 N–H and O–H groups in total. The van der Waals surface area contributed by atoms with Crippen LogP contribution in [0.5, 0.6) is 0 Å². The summed E-state index contributed by atoms with van der Waals surface area (Å²) < 4.78 is 3.60. The third-order valence-corrected chi connectivity index (χ3v) is 8.08. The van der Waals surface area contributed by atoms with Crippen LogP contribution in [0.1, 0.15) is 0 Å². The van der Waals surface area contributed by atoms with Crippen LogP contribution in [0.15, 0.2) is 12.3 Å². The molecule has 0 aliphatic heterocycles. The van der Waals surface area contributed by atoms with Crippen LogP contribution in [0, 0.1) is 0 Å². The van der Waals surface area contributed by atoms with E-state index in [-0.39, 0.29) is 0 Å². The number of hydrogen-bond acceptors (Lipinski definition) is 2. The van der Waals surface area contributed by atoms with Crippen LogP contribution in [-0.4, -0.2) is 24.4 Å². The lowest BCUT2D eigenvalue weighted by Crippen LogP contribution is -2.61. The SMILES string of the molecule is C=C[Si](C)(NC)N[SiH](C)C. The second kappa shape index (κ2) is 4.07. The molecule has 0 spiro atoms. The summed E-state index contributed by atoms with van der Waals surface area (Å²) >= 11 is 0. The highest BCUT2D eigenvalue weighted by Gasteiger charge is 2.21. The molecule has 10 heavy (non-hydrogen) atoms. The van der Waals surface area contributed by atoms with Gasteiger partial charge in [-0.3, -0.25) is 0 Å². The summed E-state index contributed by atoms with van der Waals surface area (Å²) in [5.41, 5.74) is 2.04. The molecule has 0 heterocycles. The molecule has 1 atom stereocenters. The van der Waals surface area contributed by atoms with Crippen molar-refractivity contribution < 1.29 is 0 Å². The minimum atomic E-state index is -1.43. The summed E-state index contributed by atoms with van der Waals surface area (Å²) in [5.74, 6) is 0. The molecule has 0 amide bonds. The van der Waals surface area contributed by atoms with Crippen LogP contribution in [0.3, 0.4) is 0 Å². The Hall–Kier alpha value is 0.0938. The number of hydrogen-bond donors (Lipinski definition) is 2. The molecule has 0 fully saturated rings. The van der Waals surface area contributed by atoms with E-state index in [9.17, 15) is 0 Å². The monoisotopic (exact) mass is 174 g/mol. The highest BCUT2D eigenvalue weighted by Crippen LogP contribution is 1.92. The molecule has 4 heteroatoms. The van der Waals surface area contributed by atoms with Gasteiger partial charge < -0.3 is 9.63 Å². The van der Waals surface area contributed by atoms with Crippen molar-refractivity contribution in [3.8, 4) is 0 Å². The van der Waals surface area contributed by atoms with Crippen LogP contribution in [0.2, 0.25) is 19.6 Å². The third-order valence-electron chi connectivity index (χ3n) is 1.52. The van der Waals surface area contributed by atoms with Gasteiger partial charge in [0.2, 0.25) is 8.40 Å². The first kappa shape index (κ1) is 10.1. The maximum atomic E-state index is 3.82. The fourth-order valence-corrected chi connectivity index (χ4v) is 6.88. The molecule has 0 saturated heterocycles. The topological polar surface area (TPSA) is 24.1 Å². The zero-order chi connectivity index (χ0) is 8.20. The lowest BCUT2D eigenvalue weighted by atomic mass is 11.3. The Morgan fingerprint density at radius 2 is 2.00 bits per heavy atom. The predicted molar refractivity (Wildman–Crippen MR) is 52.9 cm³/mol. The normalized spacial score (nSPS) is 16.9. The third kappa shape index (κ3) is 3.31. The highest BCUT2D eigenvalue weighted by molar-refractivity contribution is 6.86. The van der Waals surface area contributed by atoms with Gasteiger partial charge in [-0.2, -0.15) is 0 Å². The molecular weight excluding hydrogens is 156 g/mol. The van der Waals surface area contributed by atoms with Gasteiger partial charge in [0, 0.05) is 0 Å². The van der Waals surface area contributed by atoms with Gasteiger partial charge in [0.15, 0.2) is 0 Å². The highest BCUT2D eigenvalue weighted by atomic mass is 28.4. The van der Waals surface area contributed by atoms with Gasteiger partial charge >= 0.3 is 0 Å². The molecule has 0 aromatic heterocycles. The fraction of sp³-hybridized carbons (Fsp3) is 0.667. The largest absolute Gasteiger partial charge is 0.347 e. The second-order valence-corrected chi connectivity index (χ2v) is 9.73. The molecule has 0 aliphatic carbocycles. The molecule has 0 rings (SSSR count). The molecule has 0 radical (unpaired) electrons. The zero-order valence-electron chi connectivity index (χ0n) is 7.36. The Morgan fingerprint density at radius 3 is 2.10 bits per heavy atom. The van der Waals surface area contributed by atoms with Gasteiger partial charge in [-0.1, -0.05) is 18.8 Å². The molecule has 0 saturated carbocycles. The van der Waals surface area contributed by atoms with Crippen molar-refractivity contribution in [3.05, 3.63) is 12.3 Å². The fourth-order valence-electron chi connectivity index (χ4n) is 0.833. The van der Waals surface area contributed by atoms with Crippen LogP contribution in [0.4, 0.5) is 0 Å². The van der Waals surface area contributed by atoms with Crippen molar-refractivity contribution in [3.63, 3.8) is 0 Å². The number of rotatable bonds is 4. The second-order valence-electron chi connectivity index (χ2n) is 2.96. The Morgan fingerprint density at radius 1 is 1.50 bits per heavy atom. The van der Waals surface area contributed by atoms with Crippen LogP contribution in [0.25, 0.3) is 0 Å². The first-order valence-corrected chi connectivity index (χ1v) is 9.10. The van der Waals surface area contributed by atoms with E-state index in [1.54, 1.807) is 0 Å². The first-order valence-electron chi connectivity index (χ1n) is 3.64. The molecule has 0 aromatic carbocycles. The Balaban J connectivity index is 3.92. The maximum absolute atomic E-state index is 3.82. The van der Waals surface area contributed by atoms with E-state index in [1.807, 2.05) is 12.7 Å². The van der Waals surface area contributed by atoms with E-state index >= 15 is 0 Å². The van der Waals surface area contributed by atoms with Crippen molar-refractivity contribution >= 4 is 17.4 Å². The summed E-state index contributed by atoms with van der Waals surface area (Å²) in [7, 11) is -0.0899. The summed E-state index contributed by atoms with van der Waals surface area (Å²) in [6.45, 7) is 10.6. The average Bonchev–Trinajstić information content (AvgIpc) is 1.87. The summed E-state index contributed by atoms with van der Waals surface area (Å²) in [5, 5.41) is 0. The number of nitrogens with one attached hydrogen (secondary N) is 2. The Kier molecular flexibility index (Phi) is 4.11. The lowest BCUT2D eigenvalue weighted by Gasteiger charge is -2.25. The van der Waals surface area contributed by atoms with Crippen LogP contribution < -0.4 is 9.63 Å². The van der Waals surface area contributed by atoms with Gasteiger partial charge in [0.25, 0.3) is 0 Å². The summed E-state index contributed by atoms with van der Waals surface area (Å²) in [6, 6.07) is 0. The van der Waals surface area contributed by atoms with Gasteiger partial charge in [0.1, 0.15) is 0 Å². The van der Waals surface area contributed by atoms with Crippen molar-refractivity contribution in [2.24, 2.45) is 0 Å². The van der Waals surface area contributed by atoms with Crippen molar-refractivity contribution in [2.45, 2.75) is 19.6 Å². The minimum Gasteiger partial charge on any atom is -0.347 e. The average molecular weight is 174 g/mol. The predicted octanol–water partition coefficient (Wildman–Crippen LogP) is 0.576. The quantitative estimate of drug-likeness (QED) is 0.609. The van der Waals surface area contributed by atoms with E-state index < -0.39 is 17.4 Å². The summed E-state index contributed by atoms with van der Waals surface area (Å²) in [6.07, 6.45) is 0. The molecule has 0 aromatic rings. The summed E-state index contributed by atoms with van der Waals surface area (Å²) in [4.78, 5) is 3.30. The van der Waals surface area contributed by atoms with E-state index in [4.69, 9.17) is 0 Å². The van der Waals surface area contributed by atoms with Gasteiger partial charge in [0.05, 0.1) is 8.96 Å². The van der Waals surface area contributed by atoms with E-state index in [1.165, 1.54) is 0 Å². The van der Waals surface area contributed by atoms with Gasteiger partial charge in [-0.05, 0) is 13.6 Å². The van der Waals surface area contributed by atoms with E-state index in [0.717, 1.165) is 0 Å². The van der Waals surface area contributed by atoms with E-state index in [2.05, 4.69) is 35.9 Å². The van der Waals surface area contributed by atoms with Gasteiger partial charge in [-0.15, -0.1) is 6.58 Å². The Bertz CT molecular complexity index is 116. The maximum Gasteiger partial charge on any atom is 0.216 e. The molecule has 60 valence electrons. The smallest absolute Gasteiger partial charge is 0.216 e. The van der Waals surface area contributed by atoms with Gasteiger partial charge in [-0.25, -0.2) is 0 Å². The molecule has 0 aliphatic rings. The molecule has 2 nitrogen and oxygen atoms in total. The van der Waals surface area contributed by atoms with Crippen LogP contribution in [-0.2, 0) is 0 Å². The molecule has 1 unspecified atom stereocenters. The minimum absolute atomic E-state index is 0.653. The Labute approximate surface area is 66.6 Å². The van der Waals surface area contributed by atoms with Crippen molar-refractivity contribution in [1.82, 2.24) is 9.63 Å².